The maximum Gasteiger partial charge on any atom is 0.310 e. The molecule has 3 bridgehead atoms. The molecule has 2 heterocycles. The molecule has 8 nitrogen and oxygen atoms in total. The minimum Gasteiger partial charge on any atom is -0.496 e. The molecule has 3 fully saturated rings. The summed E-state index contributed by atoms with van der Waals surface area (Å²) in [4.78, 5) is 27.3. The second-order valence-electron chi connectivity index (χ2n) is 17.1. The molecule has 2 aliphatic heterocycles. The first-order valence-corrected chi connectivity index (χ1v) is 18.2. The van der Waals surface area contributed by atoms with E-state index in [4.69, 9.17) is 23.7 Å². The molecule has 0 aromatic heterocycles. The largest absolute Gasteiger partial charge is 0.496 e. The third-order valence-electron chi connectivity index (χ3n) is 12.1. The second kappa shape index (κ2) is 12.0. The standard InChI is InChI=1S/C43H52O8/c1-26(2)41-21-28(4)43-34(39(41,8)49-42(50-41,51-43)23-29-13-11-10-12-14-29)19-31(22-40(46)35(43)17-27(3)37(40)45)25-48-36(44)20-30-15-16-32(24-38(5,6)7)33(18-30)47-9/h10-19,28,34-35,46H,1,20-25H2,2-9H3/t28-,34+,35-,39-,40-,41-,42-,43-/m1/s1. The topological polar surface area (TPSA) is 101 Å². The number of esters is 1. The van der Waals surface area contributed by atoms with E-state index in [0.717, 1.165) is 34.4 Å². The fraction of sp³-hybridized carbons (Fsp3) is 0.535. The zero-order chi connectivity index (χ0) is 36.8. The van der Waals surface area contributed by atoms with Gasteiger partial charge in [0.25, 0.3) is 5.97 Å². The van der Waals surface area contributed by atoms with Crippen LogP contribution in [0.5, 0.6) is 5.75 Å². The number of ketones is 1. The summed E-state index contributed by atoms with van der Waals surface area (Å²) in [5.41, 5.74) is 0.113. The van der Waals surface area contributed by atoms with Crippen molar-refractivity contribution < 1.29 is 38.4 Å². The highest BCUT2D eigenvalue weighted by molar-refractivity contribution is 6.05. The van der Waals surface area contributed by atoms with Gasteiger partial charge in [-0.25, -0.2) is 0 Å². The van der Waals surface area contributed by atoms with Crippen molar-refractivity contribution in [2.45, 2.75) is 109 Å². The molecule has 51 heavy (non-hydrogen) atoms. The van der Waals surface area contributed by atoms with Crippen LogP contribution in [0, 0.1) is 23.2 Å². The summed E-state index contributed by atoms with van der Waals surface area (Å²) >= 11 is 0. The molecule has 0 radical (unpaired) electrons. The molecular weight excluding hydrogens is 644 g/mol. The van der Waals surface area contributed by atoms with Crippen LogP contribution in [0.25, 0.3) is 0 Å². The number of aliphatic hydroxyl groups is 1. The van der Waals surface area contributed by atoms with E-state index in [1.54, 1.807) is 14.0 Å². The summed E-state index contributed by atoms with van der Waals surface area (Å²) in [6, 6.07) is 15.8. The Morgan fingerprint density at radius 2 is 1.76 bits per heavy atom. The number of carbonyl (C=O) groups excluding carboxylic acids is 2. The summed E-state index contributed by atoms with van der Waals surface area (Å²) in [6.45, 7) is 18.7. The lowest BCUT2D eigenvalue weighted by Gasteiger charge is -2.63. The molecule has 2 aromatic rings. The highest BCUT2D eigenvalue weighted by atomic mass is 16.9. The highest BCUT2D eigenvalue weighted by Gasteiger charge is 2.83. The summed E-state index contributed by atoms with van der Waals surface area (Å²) in [5, 5.41) is 12.6. The number of fused-ring (bicyclic) bond motifs is 2. The minimum absolute atomic E-state index is 0.00394. The molecule has 0 amide bonds. The predicted molar refractivity (Wildman–Crippen MR) is 193 cm³/mol. The lowest BCUT2D eigenvalue weighted by Crippen LogP contribution is -2.74. The van der Waals surface area contributed by atoms with Crippen LogP contribution in [0.15, 0.2) is 84.0 Å². The smallest absolute Gasteiger partial charge is 0.310 e. The van der Waals surface area contributed by atoms with E-state index in [1.165, 1.54) is 0 Å². The fourth-order valence-corrected chi connectivity index (χ4v) is 10.0. The summed E-state index contributed by atoms with van der Waals surface area (Å²) < 4.78 is 33.0. The first-order chi connectivity index (χ1) is 23.9. The molecule has 2 saturated heterocycles. The van der Waals surface area contributed by atoms with Crippen molar-refractivity contribution >= 4 is 11.8 Å². The van der Waals surface area contributed by atoms with E-state index in [2.05, 4.69) is 41.2 Å². The van der Waals surface area contributed by atoms with Gasteiger partial charge in [0.1, 0.15) is 29.2 Å². The third-order valence-corrected chi connectivity index (χ3v) is 12.1. The van der Waals surface area contributed by atoms with E-state index in [1.807, 2.05) is 67.6 Å². The van der Waals surface area contributed by atoms with Gasteiger partial charge in [0.2, 0.25) is 0 Å². The third kappa shape index (κ3) is 5.47. The molecule has 0 unspecified atom stereocenters. The molecule has 0 spiro atoms. The second-order valence-corrected chi connectivity index (χ2v) is 17.1. The monoisotopic (exact) mass is 696 g/mol. The van der Waals surface area contributed by atoms with Gasteiger partial charge < -0.3 is 28.8 Å². The van der Waals surface area contributed by atoms with Crippen LogP contribution in [-0.4, -0.2) is 59.0 Å². The van der Waals surface area contributed by atoms with Crippen LogP contribution >= 0.6 is 0 Å². The molecule has 1 N–H and O–H groups in total. The van der Waals surface area contributed by atoms with Gasteiger partial charge in [0.15, 0.2) is 5.78 Å². The van der Waals surface area contributed by atoms with Crippen LogP contribution < -0.4 is 4.74 Å². The van der Waals surface area contributed by atoms with Gasteiger partial charge >= 0.3 is 5.97 Å². The number of hydrogen-bond acceptors (Lipinski definition) is 8. The van der Waals surface area contributed by atoms with Gasteiger partial charge in [-0.15, -0.1) is 0 Å². The van der Waals surface area contributed by atoms with Crippen LogP contribution in [-0.2, 0) is 47.8 Å². The van der Waals surface area contributed by atoms with Gasteiger partial charge in [0.05, 0.1) is 25.6 Å². The van der Waals surface area contributed by atoms with Crippen molar-refractivity contribution in [3.05, 3.63) is 101 Å². The Balaban J connectivity index is 1.24. The Labute approximate surface area is 301 Å². The normalized spacial score (nSPS) is 36.5. The lowest BCUT2D eigenvalue weighted by molar-refractivity contribution is -0.435. The van der Waals surface area contributed by atoms with E-state index < -0.39 is 46.2 Å². The lowest BCUT2D eigenvalue weighted by atomic mass is 9.50. The van der Waals surface area contributed by atoms with Crippen molar-refractivity contribution in [2.75, 3.05) is 13.7 Å². The van der Waals surface area contributed by atoms with Gasteiger partial charge in [0, 0.05) is 18.3 Å². The van der Waals surface area contributed by atoms with E-state index >= 15 is 0 Å². The fourth-order valence-electron chi connectivity index (χ4n) is 10.0. The molecule has 7 rings (SSSR count). The Hall–Kier alpha value is -3.56. The molecule has 3 aliphatic carbocycles. The van der Waals surface area contributed by atoms with E-state index in [0.29, 0.717) is 24.0 Å². The number of hydrogen-bond donors (Lipinski definition) is 1. The number of methoxy groups -OCH3 is 1. The average molecular weight is 697 g/mol. The highest BCUT2D eigenvalue weighted by Crippen LogP contribution is 2.72. The molecule has 8 heteroatoms. The Bertz CT molecular complexity index is 1840. The molecular formula is C43H52O8. The molecule has 1 saturated carbocycles. The number of carbonyl (C=O) groups is 2. The van der Waals surface area contributed by atoms with Crippen LogP contribution in [0.1, 0.15) is 78.0 Å². The van der Waals surface area contributed by atoms with Crippen molar-refractivity contribution in [1.82, 2.24) is 0 Å². The number of rotatable bonds is 9. The zero-order valence-corrected chi connectivity index (χ0v) is 31.3. The first kappa shape index (κ1) is 35.8. The van der Waals surface area contributed by atoms with E-state index in [-0.39, 0.29) is 36.6 Å². The van der Waals surface area contributed by atoms with Crippen molar-refractivity contribution in [3.63, 3.8) is 0 Å². The van der Waals surface area contributed by atoms with Crippen molar-refractivity contribution in [1.29, 1.82) is 0 Å². The van der Waals surface area contributed by atoms with Gasteiger partial charge in [-0.1, -0.05) is 88.9 Å². The predicted octanol–water partition coefficient (Wildman–Crippen LogP) is 7.02. The quantitative estimate of drug-likeness (QED) is 0.221. The Morgan fingerprint density at radius 1 is 1.04 bits per heavy atom. The van der Waals surface area contributed by atoms with Gasteiger partial charge in [-0.2, -0.15) is 0 Å². The van der Waals surface area contributed by atoms with Crippen molar-refractivity contribution in [2.24, 2.45) is 23.2 Å². The Kier molecular flexibility index (Phi) is 8.42. The number of benzene rings is 2. The van der Waals surface area contributed by atoms with Gasteiger partial charge in [-0.3, -0.25) is 9.59 Å². The molecule has 5 aliphatic rings. The molecule has 272 valence electrons. The first-order valence-electron chi connectivity index (χ1n) is 18.2. The minimum atomic E-state index is -1.80. The SMILES string of the molecule is C=C(C)[C@@]12C[C@@H](C)[C@@]34O[C@@](Cc5ccccc5)(O1)O[C@]2(C)[C@@H]3C=C(COC(=O)Cc1ccc(CC(C)(C)C)c(OC)c1)C[C@]1(O)C(=O)C(C)=C[C@@H]41. The summed E-state index contributed by atoms with van der Waals surface area (Å²) in [7, 11) is 1.64. The van der Waals surface area contributed by atoms with Crippen LogP contribution in [0.3, 0.4) is 0 Å². The molecule has 8 atom stereocenters. The van der Waals surface area contributed by atoms with E-state index in [9.17, 15) is 14.7 Å². The molecule has 2 aromatic carbocycles. The Morgan fingerprint density at radius 3 is 2.43 bits per heavy atom. The maximum absolute atomic E-state index is 14.0. The number of ether oxygens (including phenoxy) is 5. The maximum atomic E-state index is 14.0. The summed E-state index contributed by atoms with van der Waals surface area (Å²) in [5.74, 6) is -2.82. The average Bonchev–Trinajstić information content (AvgIpc) is 3.30. The van der Waals surface area contributed by atoms with Crippen LogP contribution in [0.4, 0.5) is 0 Å². The summed E-state index contributed by atoms with van der Waals surface area (Å²) in [6.07, 6.45) is 5.68. The van der Waals surface area contributed by atoms with Crippen LogP contribution in [0.2, 0.25) is 0 Å². The van der Waals surface area contributed by atoms with Gasteiger partial charge in [-0.05, 0) is 84.4 Å². The number of Topliss-reactive ketones (excluding diaryl/α,β-unsaturated/α-hetero) is 1. The zero-order valence-electron chi connectivity index (χ0n) is 31.3. The van der Waals surface area contributed by atoms with Crippen molar-refractivity contribution in [3.8, 4) is 5.75 Å².